The van der Waals surface area contributed by atoms with Crippen LogP contribution < -0.4 is 9.80 Å². The average molecular weight is 507 g/mol. The lowest BCUT2D eigenvalue weighted by molar-refractivity contribution is -0.111. The molecule has 0 bridgehead atoms. The Morgan fingerprint density at radius 1 is 0.684 bits per heavy atom. The summed E-state index contributed by atoms with van der Waals surface area (Å²) < 4.78 is 0. The zero-order chi connectivity index (χ0) is 26.8. The highest BCUT2D eigenvalue weighted by atomic mass is 16.3. The number of nitrogens with one attached hydrogen (secondary N) is 1. The molecule has 0 amide bonds. The molecule has 0 spiro atoms. The molecule has 1 aromatic heterocycles. The number of aliphatic hydroxyl groups is 1. The lowest BCUT2D eigenvalue weighted by Crippen LogP contribution is -2.22. The van der Waals surface area contributed by atoms with Crippen molar-refractivity contribution in [2.75, 3.05) is 36.0 Å². The van der Waals surface area contributed by atoms with Gasteiger partial charge in [0, 0.05) is 48.8 Å². The van der Waals surface area contributed by atoms with Gasteiger partial charge >= 0.3 is 0 Å². The van der Waals surface area contributed by atoms with Crippen LogP contribution in [-0.2, 0) is 4.79 Å². The first-order valence-corrected chi connectivity index (χ1v) is 13.4. The van der Waals surface area contributed by atoms with Gasteiger partial charge in [0.05, 0.1) is 28.2 Å². The van der Waals surface area contributed by atoms with Crippen molar-refractivity contribution in [3.63, 3.8) is 0 Å². The molecule has 5 rings (SSSR count). The fourth-order valence-corrected chi connectivity index (χ4v) is 5.13. The van der Waals surface area contributed by atoms with E-state index in [2.05, 4.69) is 83.9 Å². The van der Waals surface area contributed by atoms with Crippen molar-refractivity contribution in [2.45, 2.75) is 27.7 Å². The van der Waals surface area contributed by atoms with Gasteiger partial charge in [0.2, 0.25) is 5.78 Å². The third kappa shape index (κ3) is 4.47. The van der Waals surface area contributed by atoms with Gasteiger partial charge in [-0.05, 0) is 81.8 Å². The van der Waals surface area contributed by atoms with Crippen LogP contribution in [-0.4, -0.2) is 47.8 Å². The fraction of sp³-hybridized carbons (Fsp3) is 0.250. The maximum absolute atomic E-state index is 13.1. The normalized spacial score (nSPS) is 16.6. The smallest absolute Gasteiger partial charge is 0.204 e. The number of aliphatic hydroxyl groups excluding tert-OH is 1. The predicted molar refractivity (Wildman–Crippen MR) is 157 cm³/mol. The molecule has 1 aliphatic carbocycles. The van der Waals surface area contributed by atoms with E-state index in [0.29, 0.717) is 17.0 Å². The third-order valence-electron chi connectivity index (χ3n) is 7.38. The quantitative estimate of drug-likeness (QED) is 0.323. The molecule has 6 heteroatoms. The molecule has 0 fully saturated rings. The molecule has 2 aliphatic rings. The standard InChI is InChI=1S/C32H34N4O2/c1-5-35(6-2)23-13-9-21(10-14-23)25-17-19-27(33-25)29-31(37)30(32(29)38)28-20-18-26(34-28)22-11-15-24(16-12-22)36(7-3)8-4/h9-20,33,37H,5-8H2,1-4H3/b30-28-. The summed E-state index contributed by atoms with van der Waals surface area (Å²) in [6.45, 7) is 12.4. The fourth-order valence-electron chi connectivity index (χ4n) is 5.13. The molecule has 2 N–H and O–H groups in total. The van der Waals surface area contributed by atoms with Crippen LogP contribution in [0.3, 0.4) is 0 Å². The summed E-state index contributed by atoms with van der Waals surface area (Å²) in [7, 11) is 0. The monoisotopic (exact) mass is 506 g/mol. The molecule has 2 aromatic carbocycles. The van der Waals surface area contributed by atoms with E-state index < -0.39 is 0 Å². The predicted octanol–water partition coefficient (Wildman–Crippen LogP) is 6.54. The van der Waals surface area contributed by atoms with Crippen molar-refractivity contribution in [3.8, 4) is 11.3 Å². The van der Waals surface area contributed by atoms with Crippen LogP contribution in [0.4, 0.5) is 11.4 Å². The van der Waals surface area contributed by atoms with Crippen molar-refractivity contribution in [1.29, 1.82) is 0 Å². The topological polar surface area (TPSA) is 71.9 Å². The highest BCUT2D eigenvalue weighted by molar-refractivity contribution is 6.39. The Hall–Kier alpha value is -4.32. The summed E-state index contributed by atoms with van der Waals surface area (Å²) >= 11 is 0. The number of ketones is 1. The minimum absolute atomic E-state index is 0.0122. The van der Waals surface area contributed by atoms with E-state index in [1.807, 2.05) is 30.3 Å². The highest BCUT2D eigenvalue weighted by Gasteiger charge is 2.38. The van der Waals surface area contributed by atoms with Gasteiger partial charge < -0.3 is 19.9 Å². The summed E-state index contributed by atoms with van der Waals surface area (Å²) in [5, 5.41) is 10.9. The molecule has 194 valence electrons. The number of benzene rings is 2. The summed E-state index contributed by atoms with van der Waals surface area (Å²) in [6, 6.07) is 20.4. The van der Waals surface area contributed by atoms with Crippen LogP contribution in [0.1, 0.15) is 39.0 Å². The van der Waals surface area contributed by atoms with Crippen LogP contribution in [0, 0.1) is 0 Å². The molecule has 0 unspecified atom stereocenters. The second-order valence-corrected chi connectivity index (χ2v) is 9.37. The zero-order valence-electron chi connectivity index (χ0n) is 22.5. The first-order chi connectivity index (χ1) is 18.5. The molecular formula is C32H34N4O2. The largest absolute Gasteiger partial charge is 0.506 e. The van der Waals surface area contributed by atoms with E-state index in [0.717, 1.165) is 48.7 Å². The van der Waals surface area contributed by atoms with Crippen molar-refractivity contribution < 1.29 is 9.90 Å². The number of nitrogens with zero attached hydrogens (tertiary/aromatic N) is 3. The Morgan fingerprint density at radius 3 is 1.74 bits per heavy atom. The Balaban J connectivity index is 1.36. The third-order valence-corrected chi connectivity index (χ3v) is 7.38. The number of aromatic nitrogens is 1. The van der Waals surface area contributed by atoms with Gasteiger partial charge in [0.25, 0.3) is 0 Å². The molecule has 0 radical (unpaired) electrons. The summed E-state index contributed by atoms with van der Waals surface area (Å²) in [5.74, 6) is -0.212. The van der Waals surface area contributed by atoms with E-state index in [4.69, 9.17) is 0 Å². The molecule has 6 nitrogen and oxygen atoms in total. The SMILES string of the molecule is CCN(CC)c1ccc(C2=N/C(=C3\C(=O)C(c4ccc(-c5ccc(N(CC)CC)cc5)[nH]4)=C3O)C=C2)cc1. The minimum atomic E-state index is -0.200. The number of carbonyl (C=O) groups is 1. The number of rotatable bonds is 9. The number of allylic oxidation sites excluding steroid dienone is 4. The van der Waals surface area contributed by atoms with Crippen LogP contribution in [0.5, 0.6) is 0 Å². The van der Waals surface area contributed by atoms with Gasteiger partial charge in [0.15, 0.2) is 0 Å². The lowest BCUT2D eigenvalue weighted by Gasteiger charge is -2.21. The Kier molecular flexibility index (Phi) is 7.05. The van der Waals surface area contributed by atoms with Crippen molar-refractivity contribution >= 4 is 28.4 Å². The first kappa shape index (κ1) is 25.3. The van der Waals surface area contributed by atoms with Crippen LogP contribution >= 0.6 is 0 Å². The summed E-state index contributed by atoms with van der Waals surface area (Å²) in [5.41, 5.74) is 7.71. The summed E-state index contributed by atoms with van der Waals surface area (Å²) in [4.78, 5) is 25.7. The van der Waals surface area contributed by atoms with Gasteiger partial charge in [-0.3, -0.25) is 4.79 Å². The maximum atomic E-state index is 13.1. The molecule has 38 heavy (non-hydrogen) atoms. The maximum Gasteiger partial charge on any atom is 0.204 e. The highest BCUT2D eigenvalue weighted by Crippen LogP contribution is 2.39. The summed E-state index contributed by atoms with van der Waals surface area (Å²) in [6.07, 6.45) is 3.69. The molecule has 3 aromatic rings. The second kappa shape index (κ2) is 10.6. The zero-order valence-corrected chi connectivity index (χ0v) is 22.5. The first-order valence-electron chi connectivity index (χ1n) is 13.4. The molecule has 0 saturated heterocycles. The van der Waals surface area contributed by atoms with E-state index in [-0.39, 0.29) is 17.1 Å². The molecule has 1 aliphatic heterocycles. The number of carbonyl (C=O) groups excluding carboxylic acids is 1. The van der Waals surface area contributed by atoms with Gasteiger partial charge in [-0.1, -0.05) is 24.3 Å². The Labute approximate surface area is 224 Å². The van der Waals surface area contributed by atoms with Gasteiger partial charge in [-0.2, -0.15) is 0 Å². The number of aromatic amines is 1. The van der Waals surface area contributed by atoms with Crippen LogP contribution in [0.15, 0.2) is 94.8 Å². The number of hydrogen-bond donors (Lipinski definition) is 2. The molecule has 0 saturated carbocycles. The van der Waals surface area contributed by atoms with Crippen LogP contribution in [0.25, 0.3) is 16.8 Å². The Morgan fingerprint density at radius 2 is 1.21 bits per heavy atom. The molecular weight excluding hydrogens is 472 g/mol. The van der Waals surface area contributed by atoms with E-state index in [9.17, 15) is 9.90 Å². The minimum Gasteiger partial charge on any atom is -0.506 e. The number of hydrogen-bond acceptors (Lipinski definition) is 5. The average Bonchev–Trinajstić information content (AvgIpc) is 3.62. The van der Waals surface area contributed by atoms with Crippen molar-refractivity contribution in [3.05, 3.63) is 101 Å². The molecule has 2 heterocycles. The van der Waals surface area contributed by atoms with Crippen LogP contribution in [0.2, 0.25) is 0 Å². The van der Waals surface area contributed by atoms with Crippen molar-refractivity contribution in [1.82, 2.24) is 4.98 Å². The van der Waals surface area contributed by atoms with Gasteiger partial charge in [-0.25, -0.2) is 4.99 Å². The molecule has 0 atom stereocenters. The van der Waals surface area contributed by atoms with Gasteiger partial charge in [0.1, 0.15) is 5.76 Å². The Bertz CT molecular complexity index is 1460. The second-order valence-electron chi connectivity index (χ2n) is 9.37. The number of Topliss-reactive ketones (excluding diaryl/α,β-unsaturated/α-hetero) is 1. The van der Waals surface area contributed by atoms with Crippen molar-refractivity contribution in [2.24, 2.45) is 4.99 Å². The van der Waals surface area contributed by atoms with Gasteiger partial charge in [-0.15, -0.1) is 0 Å². The van der Waals surface area contributed by atoms with E-state index in [1.165, 1.54) is 11.4 Å². The number of anilines is 2. The lowest BCUT2D eigenvalue weighted by atomic mass is 9.85. The van der Waals surface area contributed by atoms with E-state index in [1.54, 1.807) is 6.08 Å². The number of H-pyrrole nitrogens is 1. The number of aliphatic imine (C=N–C) groups is 1. The van der Waals surface area contributed by atoms with E-state index >= 15 is 0 Å².